The van der Waals surface area contributed by atoms with E-state index in [-0.39, 0.29) is 90.4 Å². The molecular formula is C45H39Li3N10O9S5. The van der Waals surface area contributed by atoms with Gasteiger partial charge in [0.2, 0.25) is 5.13 Å². The van der Waals surface area contributed by atoms with Crippen LogP contribution in [0.5, 0.6) is 0 Å². The van der Waals surface area contributed by atoms with Gasteiger partial charge in [-0.1, -0.05) is 49.5 Å². The summed E-state index contributed by atoms with van der Waals surface area (Å²) in [6.07, 6.45) is 0. The van der Waals surface area contributed by atoms with Crippen molar-refractivity contribution in [2.45, 2.75) is 82.4 Å². The summed E-state index contributed by atoms with van der Waals surface area (Å²) in [5.74, 6) is 0.221. The molecule has 0 aliphatic rings. The molecule has 0 bridgehead atoms. The molecule has 4 aromatic heterocycles. The maximum atomic E-state index is 12.3. The topological polar surface area (TPSA) is 292 Å². The standard InChI is InChI=1S/C45H42N10O9S5.3Li/c1-22-10-12-32-34(14-22)66-44(48-32)55-42(31(21-46)40(53-55)45(7,8)9)52-51-38-25(4)19-36(49-41(38)50-37-23(2)15-29(16-24(37)3)68(59,60)61)54(39-26(5)17-30(18-27(39)6)69(62,63)64)43-47-33-13-11-28(67(56,57)58)20-35(33)65-43;;;/h10-20H,1-9H3,(H,49,50)(H,56,57,58)(H,59,60,61)(H,62,63,64);;;/q;3*+1/p-3. The van der Waals surface area contributed by atoms with Crippen LogP contribution >= 0.6 is 22.7 Å². The zero-order chi connectivity index (χ0) is 50.3. The molecule has 4 aromatic carbocycles. The third-order valence-corrected chi connectivity index (χ3v) is 15.3. The maximum Gasteiger partial charge on any atom is 1.00 e. The van der Waals surface area contributed by atoms with Gasteiger partial charge in [-0.25, -0.2) is 40.2 Å². The fourth-order valence-corrected chi connectivity index (χ4v) is 11.6. The molecule has 0 radical (unpaired) electrons. The van der Waals surface area contributed by atoms with Gasteiger partial charge < -0.3 is 19.0 Å². The number of thiazole rings is 2. The van der Waals surface area contributed by atoms with E-state index in [0.717, 1.165) is 27.7 Å². The molecule has 1 N–H and O–H groups in total. The third-order valence-electron chi connectivity index (χ3n) is 10.9. The number of azo groups is 1. The first-order valence-electron chi connectivity index (χ1n) is 20.5. The minimum absolute atomic E-state index is 0. The molecule has 19 nitrogen and oxygen atoms in total. The number of nitrogens with one attached hydrogen (secondary N) is 1. The number of benzene rings is 4. The number of hydrogen-bond acceptors (Lipinski definition) is 20. The first-order valence-corrected chi connectivity index (χ1v) is 26.4. The van der Waals surface area contributed by atoms with Crippen molar-refractivity contribution in [1.29, 1.82) is 5.26 Å². The normalized spacial score (nSPS) is 12.1. The first-order chi connectivity index (χ1) is 32.1. The number of aryl methyl sites for hydroxylation is 6. The molecule has 27 heteroatoms. The van der Waals surface area contributed by atoms with Crippen molar-refractivity contribution in [3.63, 3.8) is 0 Å². The molecule has 0 saturated heterocycles. The number of hydrogen-bond donors (Lipinski definition) is 1. The molecule has 72 heavy (non-hydrogen) atoms. The Bertz CT molecular complexity index is 3860. The molecule has 356 valence electrons. The van der Waals surface area contributed by atoms with E-state index in [1.165, 1.54) is 52.4 Å². The van der Waals surface area contributed by atoms with E-state index in [4.69, 9.17) is 30.3 Å². The van der Waals surface area contributed by atoms with Crippen molar-refractivity contribution >= 4 is 113 Å². The van der Waals surface area contributed by atoms with Crippen LogP contribution in [0.1, 0.15) is 65.4 Å². The number of rotatable bonds is 11. The van der Waals surface area contributed by atoms with Gasteiger partial charge in [0, 0.05) is 11.1 Å². The van der Waals surface area contributed by atoms with E-state index in [1.54, 1.807) is 45.6 Å². The molecule has 0 unspecified atom stereocenters. The Morgan fingerprint density at radius 2 is 1.21 bits per heavy atom. The van der Waals surface area contributed by atoms with E-state index < -0.39 is 50.5 Å². The predicted octanol–water partition coefficient (Wildman–Crippen LogP) is 0.860. The minimum Gasteiger partial charge on any atom is -0.744 e. The van der Waals surface area contributed by atoms with Crippen LogP contribution in [-0.4, -0.2) is 63.6 Å². The number of anilines is 5. The average molecular weight is 1050 g/mol. The summed E-state index contributed by atoms with van der Waals surface area (Å²) >= 11 is 2.34. The Kier molecular flexibility index (Phi) is 17.1. The van der Waals surface area contributed by atoms with Gasteiger partial charge in [-0.2, -0.15) is 15.0 Å². The van der Waals surface area contributed by atoms with Gasteiger partial charge in [-0.3, -0.25) is 4.90 Å². The SMILES string of the molecule is Cc1ccc2nc(-n3nc(C(C)(C)C)c(C#N)c3N=Nc3c(C)cc(N(c4nc5ccc(S(=O)(=O)[O-])cc5s4)c4c(C)cc(S(=O)(=O)[O-])cc4C)nc3Nc3c(C)cc(S(=O)(=O)[O-])cc3C)sc2c1.[Li+].[Li+].[Li+]. The van der Waals surface area contributed by atoms with E-state index >= 15 is 0 Å². The van der Waals surface area contributed by atoms with Gasteiger partial charge in [0.25, 0.3) is 0 Å². The van der Waals surface area contributed by atoms with Crippen LogP contribution in [0.3, 0.4) is 0 Å². The quantitative estimate of drug-likeness (QED) is 0.107. The number of pyridine rings is 1. The summed E-state index contributed by atoms with van der Waals surface area (Å²) in [4.78, 5) is 14.8. The Hall–Kier alpha value is -4.77. The maximum absolute atomic E-state index is 12.3. The zero-order valence-corrected chi connectivity index (χ0v) is 45.2. The molecule has 4 heterocycles. The second-order valence-corrected chi connectivity index (χ2v) is 23.4. The first kappa shape index (κ1) is 58.1. The minimum atomic E-state index is -4.91. The molecule has 8 aromatic rings. The molecule has 0 saturated carbocycles. The number of nitrogens with zero attached hydrogens (tertiary/aromatic N) is 9. The predicted molar refractivity (Wildman–Crippen MR) is 258 cm³/mol. The van der Waals surface area contributed by atoms with Crippen LogP contribution in [-0.2, 0) is 35.8 Å². The van der Waals surface area contributed by atoms with Crippen molar-refractivity contribution < 1.29 is 95.5 Å². The molecule has 0 amide bonds. The molecule has 8 rings (SSSR count). The number of nitriles is 1. The molecular weight excluding hydrogens is 1010 g/mol. The monoisotopic (exact) mass is 1040 g/mol. The summed E-state index contributed by atoms with van der Waals surface area (Å²) in [6, 6.07) is 18.2. The van der Waals surface area contributed by atoms with Gasteiger partial charge in [0.1, 0.15) is 53.5 Å². The Labute approximate surface area is 460 Å². The molecule has 0 fully saturated rings. The number of aromatic nitrogens is 5. The fourth-order valence-electron chi connectivity index (χ4n) is 7.70. The smallest absolute Gasteiger partial charge is 0.744 e. The van der Waals surface area contributed by atoms with Crippen LogP contribution in [0.15, 0.2) is 91.6 Å². The molecule has 0 atom stereocenters. The van der Waals surface area contributed by atoms with Crippen LogP contribution in [0.25, 0.3) is 25.6 Å². The summed E-state index contributed by atoms with van der Waals surface area (Å²) in [5, 5.41) is 28.8. The Morgan fingerprint density at radius 1 is 0.667 bits per heavy atom. The van der Waals surface area contributed by atoms with E-state index in [1.807, 2.05) is 45.9 Å². The van der Waals surface area contributed by atoms with Gasteiger partial charge >= 0.3 is 56.6 Å². The Morgan fingerprint density at radius 3 is 1.76 bits per heavy atom. The summed E-state index contributed by atoms with van der Waals surface area (Å²) in [6.45, 7) is 15.7. The second-order valence-electron chi connectivity index (χ2n) is 17.3. The summed E-state index contributed by atoms with van der Waals surface area (Å²) < 4.78 is 112. The summed E-state index contributed by atoms with van der Waals surface area (Å²) in [7, 11) is -14.6. The van der Waals surface area contributed by atoms with Crippen LogP contribution < -0.4 is 66.8 Å². The zero-order valence-electron chi connectivity index (χ0n) is 41.1. The third kappa shape index (κ3) is 11.6. The Balaban J connectivity index is 0.00000321. The molecule has 0 aliphatic carbocycles. The van der Waals surface area contributed by atoms with E-state index in [0.29, 0.717) is 65.8 Å². The summed E-state index contributed by atoms with van der Waals surface area (Å²) in [5.41, 5.74) is 4.53. The van der Waals surface area contributed by atoms with Crippen LogP contribution in [0, 0.1) is 52.9 Å². The molecule has 0 spiro atoms. The fraction of sp³-hybridized carbons (Fsp3) is 0.222. The van der Waals surface area contributed by atoms with Crippen molar-refractivity contribution in [3.8, 4) is 11.2 Å². The average Bonchev–Trinajstić information content (AvgIpc) is 3.96. The van der Waals surface area contributed by atoms with Crippen molar-refractivity contribution in [1.82, 2.24) is 24.7 Å². The second kappa shape index (κ2) is 21.2. The van der Waals surface area contributed by atoms with Crippen LogP contribution in [0.2, 0.25) is 0 Å². The van der Waals surface area contributed by atoms with Crippen molar-refractivity contribution in [2.75, 3.05) is 10.2 Å². The van der Waals surface area contributed by atoms with E-state index in [2.05, 4.69) is 11.4 Å². The molecule has 0 aliphatic heterocycles. The van der Waals surface area contributed by atoms with Gasteiger partial charge in [-0.05, 0) is 136 Å². The van der Waals surface area contributed by atoms with Gasteiger partial charge in [-0.15, -0.1) is 10.2 Å². The van der Waals surface area contributed by atoms with E-state index in [9.17, 15) is 44.2 Å². The van der Waals surface area contributed by atoms with Gasteiger partial charge in [0.05, 0.1) is 46.5 Å². The van der Waals surface area contributed by atoms with Crippen LogP contribution in [0.4, 0.5) is 39.6 Å². The van der Waals surface area contributed by atoms with Crippen molar-refractivity contribution in [3.05, 3.63) is 111 Å². The largest absolute Gasteiger partial charge is 1.00 e. The van der Waals surface area contributed by atoms with Gasteiger partial charge in [0.15, 0.2) is 16.8 Å². The number of fused-ring (bicyclic) bond motifs is 2. The van der Waals surface area contributed by atoms with Crippen molar-refractivity contribution in [2.24, 2.45) is 10.2 Å².